The molecule has 0 radical (unpaired) electrons. The highest BCUT2D eigenvalue weighted by Gasteiger charge is 2.32. The van der Waals surface area contributed by atoms with E-state index in [1.54, 1.807) is 0 Å². The molecule has 0 unspecified atom stereocenters. The van der Waals surface area contributed by atoms with Crippen LogP contribution in [-0.4, -0.2) is 38.0 Å². The summed E-state index contributed by atoms with van der Waals surface area (Å²) in [5.74, 6) is 2.12. The molecule has 0 aliphatic rings. The van der Waals surface area contributed by atoms with Crippen LogP contribution in [0.25, 0.3) is 32.3 Å². The second kappa shape index (κ2) is 20.3. The maximum atomic E-state index is 6.50. The highest BCUT2D eigenvalue weighted by atomic mass is 16.7. The summed E-state index contributed by atoms with van der Waals surface area (Å²) in [7, 11) is -1.01. The second-order valence-electron chi connectivity index (χ2n) is 15.1. The number of rotatable bonds is 18. The Bertz CT molecular complexity index is 1830. The van der Waals surface area contributed by atoms with E-state index in [4.69, 9.17) is 14.0 Å². The van der Waals surface area contributed by atoms with E-state index in [-0.39, 0.29) is 0 Å². The predicted octanol–water partition coefficient (Wildman–Crippen LogP) is 13.6. The first kappa shape index (κ1) is 40.7. The molecule has 0 spiro atoms. The minimum Gasteiger partial charge on any atom is -0.489 e. The predicted molar refractivity (Wildman–Crippen MR) is 233 cm³/mol. The van der Waals surface area contributed by atoms with Gasteiger partial charge < -0.3 is 18.4 Å². The largest absolute Gasteiger partial charge is 0.864 e. The Hall–Kier alpha value is -4.48. The minimum atomic E-state index is -1.01. The van der Waals surface area contributed by atoms with Crippen LogP contribution < -0.4 is 14.0 Å². The van der Waals surface area contributed by atoms with Gasteiger partial charge in [0.25, 0.3) is 0 Å². The number of unbranched alkanes of at least 4 members (excludes halogenated alkanes) is 4. The van der Waals surface area contributed by atoms with Crippen LogP contribution in [-0.2, 0) is 0 Å². The molecule has 0 atom stereocenters. The van der Waals surface area contributed by atoms with Gasteiger partial charge in [-0.3, -0.25) is 0 Å². The van der Waals surface area contributed by atoms with Crippen LogP contribution in [0.5, 0.6) is 17.2 Å². The van der Waals surface area contributed by atoms with Crippen LogP contribution in [0.1, 0.15) is 95.8 Å². The molecule has 4 nitrogen and oxygen atoms in total. The number of nitrogens with zero attached hydrogens (tertiary/aromatic N) is 1. The number of benzene rings is 6. The van der Waals surface area contributed by atoms with Gasteiger partial charge in [-0.05, 0) is 97.5 Å². The summed E-state index contributed by atoms with van der Waals surface area (Å²) in [6.07, 6.45) is 11.1. The first-order chi connectivity index (χ1) is 26.3. The van der Waals surface area contributed by atoms with Crippen LogP contribution in [0.15, 0.2) is 109 Å². The highest BCUT2D eigenvalue weighted by Crippen LogP contribution is 2.34. The molecule has 54 heavy (non-hydrogen) atoms. The molecule has 0 fully saturated rings. The average molecular weight is 725 g/mol. The van der Waals surface area contributed by atoms with Crippen LogP contribution in [0, 0.1) is 20.8 Å². The smallest absolute Gasteiger partial charge is 0.489 e. The lowest BCUT2D eigenvalue weighted by atomic mass is 10.0. The summed E-state index contributed by atoms with van der Waals surface area (Å²) >= 11 is 0. The normalized spacial score (nSPS) is 11.4. The van der Waals surface area contributed by atoms with Gasteiger partial charge in [0, 0.05) is 16.2 Å². The summed E-state index contributed by atoms with van der Waals surface area (Å²) in [5, 5.41) is 6.47. The maximum Gasteiger partial charge on any atom is 0.864 e. The molecule has 5 heteroatoms. The van der Waals surface area contributed by atoms with Crippen LogP contribution in [0.4, 0.5) is 0 Å². The fourth-order valence-corrected chi connectivity index (χ4v) is 7.60. The maximum absolute atomic E-state index is 6.50. The topological polar surface area (TPSA) is 27.7 Å². The van der Waals surface area contributed by atoms with E-state index in [0.29, 0.717) is 17.2 Å². The van der Waals surface area contributed by atoms with Gasteiger partial charge >= 0.3 is 7.32 Å². The Morgan fingerprint density at radius 1 is 0.370 bits per heavy atom. The Labute approximate surface area is 326 Å². The Balaban J connectivity index is 0.000000281. The lowest BCUT2D eigenvalue weighted by Gasteiger charge is -2.39. The molecule has 0 N–H and O–H groups in total. The molecule has 6 aromatic carbocycles. The summed E-state index contributed by atoms with van der Waals surface area (Å²) in [6, 6.07) is 36.9. The molecular formula is C49H63BNO3+. The molecule has 0 saturated heterocycles. The monoisotopic (exact) mass is 724 g/mol. The van der Waals surface area contributed by atoms with Crippen molar-refractivity contribution in [3.8, 4) is 17.2 Å². The van der Waals surface area contributed by atoms with Crippen molar-refractivity contribution < 1.29 is 18.4 Å². The zero-order valence-corrected chi connectivity index (χ0v) is 34.1. The fourth-order valence-electron chi connectivity index (χ4n) is 7.60. The van der Waals surface area contributed by atoms with Crippen molar-refractivity contribution in [1.82, 2.24) is 0 Å². The van der Waals surface area contributed by atoms with E-state index in [1.165, 1.54) is 98.7 Å². The third-order valence-electron chi connectivity index (χ3n) is 10.9. The standard InChI is InChI=1S/C33H27BO3.C16H36N/c1-22-16-19-31(28-13-7-4-10-25(22)28)35-34(36-32-20-17-23(2)26-11-5-8-14-29(26)32)37-33-21-18-24(3)27-12-6-9-15-30(27)33;1-5-9-13-17(14-10-6-2,15-11-7-3)16-12-8-4/h4-21H,1-3H3;5-16H2,1-4H3/q;+1. The lowest BCUT2D eigenvalue weighted by Crippen LogP contribution is -2.50. The van der Waals surface area contributed by atoms with E-state index < -0.39 is 7.32 Å². The zero-order chi connectivity index (χ0) is 38.3. The third kappa shape index (κ3) is 10.4. The number of aryl methyl sites for hydroxylation is 3. The number of hydrogen-bond acceptors (Lipinski definition) is 3. The molecule has 6 rings (SSSR count). The average Bonchev–Trinajstić information content (AvgIpc) is 3.21. The van der Waals surface area contributed by atoms with Gasteiger partial charge in [-0.25, -0.2) is 0 Å². The van der Waals surface area contributed by atoms with Gasteiger partial charge in [-0.1, -0.05) is 144 Å². The summed E-state index contributed by atoms with van der Waals surface area (Å²) in [6.45, 7) is 21.3. The second-order valence-corrected chi connectivity index (χ2v) is 15.1. The van der Waals surface area contributed by atoms with Gasteiger partial charge in [0.15, 0.2) is 0 Å². The summed E-state index contributed by atoms with van der Waals surface area (Å²) < 4.78 is 20.9. The van der Waals surface area contributed by atoms with Crippen molar-refractivity contribution >= 4 is 39.6 Å². The van der Waals surface area contributed by atoms with Crippen molar-refractivity contribution in [1.29, 1.82) is 0 Å². The SMILES string of the molecule is CCCC[N+](CCCC)(CCCC)CCCC.Cc1ccc(OB(Oc2ccc(C)c3ccccc23)Oc2ccc(C)c3ccccc23)c2ccccc12. The van der Waals surface area contributed by atoms with Crippen molar-refractivity contribution in [2.75, 3.05) is 26.2 Å². The molecular weight excluding hydrogens is 661 g/mol. The minimum absolute atomic E-state index is 0.707. The van der Waals surface area contributed by atoms with Gasteiger partial charge in [-0.15, -0.1) is 0 Å². The Morgan fingerprint density at radius 3 is 0.889 bits per heavy atom. The van der Waals surface area contributed by atoms with Crippen molar-refractivity contribution in [2.24, 2.45) is 0 Å². The molecule has 0 aromatic heterocycles. The van der Waals surface area contributed by atoms with E-state index in [2.05, 4.69) is 103 Å². The fraction of sp³-hybridized carbons (Fsp3) is 0.388. The lowest BCUT2D eigenvalue weighted by molar-refractivity contribution is -0.929. The highest BCUT2D eigenvalue weighted by molar-refractivity contribution is 6.40. The van der Waals surface area contributed by atoms with Gasteiger partial charge in [0.1, 0.15) is 17.2 Å². The van der Waals surface area contributed by atoms with Crippen LogP contribution in [0.2, 0.25) is 0 Å². The first-order valence-electron chi connectivity index (χ1n) is 20.6. The zero-order valence-electron chi connectivity index (χ0n) is 34.1. The number of hydrogen-bond donors (Lipinski definition) is 0. The Morgan fingerprint density at radius 2 is 0.630 bits per heavy atom. The van der Waals surface area contributed by atoms with Crippen LogP contribution in [0.3, 0.4) is 0 Å². The van der Waals surface area contributed by atoms with Gasteiger partial charge in [-0.2, -0.15) is 0 Å². The van der Waals surface area contributed by atoms with E-state index in [0.717, 1.165) is 32.3 Å². The molecule has 0 heterocycles. The van der Waals surface area contributed by atoms with E-state index in [9.17, 15) is 0 Å². The molecule has 6 aromatic rings. The molecule has 0 bridgehead atoms. The van der Waals surface area contributed by atoms with Crippen molar-refractivity contribution in [2.45, 2.75) is 99.8 Å². The molecule has 284 valence electrons. The molecule has 0 amide bonds. The van der Waals surface area contributed by atoms with E-state index in [1.807, 2.05) is 54.6 Å². The number of quaternary nitrogens is 1. The molecule has 0 saturated carbocycles. The van der Waals surface area contributed by atoms with Crippen LogP contribution >= 0.6 is 0 Å². The number of fused-ring (bicyclic) bond motifs is 3. The van der Waals surface area contributed by atoms with Crippen molar-refractivity contribution in [3.63, 3.8) is 0 Å². The quantitative estimate of drug-likeness (QED) is 0.0652. The summed E-state index contributed by atoms with van der Waals surface area (Å²) in [5.41, 5.74) is 3.57. The summed E-state index contributed by atoms with van der Waals surface area (Å²) in [4.78, 5) is 0. The first-order valence-corrected chi connectivity index (χ1v) is 20.6. The Kier molecular flexibility index (Phi) is 15.3. The van der Waals surface area contributed by atoms with Gasteiger partial charge in [0.05, 0.1) is 26.2 Å². The van der Waals surface area contributed by atoms with Crippen molar-refractivity contribution in [3.05, 3.63) is 126 Å². The van der Waals surface area contributed by atoms with E-state index >= 15 is 0 Å². The molecule has 0 aliphatic heterocycles. The van der Waals surface area contributed by atoms with Gasteiger partial charge in [0.2, 0.25) is 0 Å². The molecule has 0 aliphatic carbocycles. The third-order valence-corrected chi connectivity index (χ3v) is 10.9.